The van der Waals surface area contributed by atoms with Gasteiger partial charge in [0.05, 0.1) is 17.9 Å². The van der Waals surface area contributed by atoms with Crippen LogP contribution in [0.5, 0.6) is 5.75 Å². The molecule has 1 saturated carbocycles. The fraction of sp³-hybridized carbons (Fsp3) is 0.500. The predicted molar refractivity (Wildman–Crippen MR) is 84.4 cm³/mol. The van der Waals surface area contributed by atoms with Gasteiger partial charge in [-0.2, -0.15) is 0 Å². The van der Waals surface area contributed by atoms with Crippen molar-refractivity contribution < 1.29 is 23.1 Å². The van der Waals surface area contributed by atoms with Gasteiger partial charge in [0, 0.05) is 10.5 Å². The minimum atomic E-state index is -3.65. The summed E-state index contributed by atoms with van der Waals surface area (Å²) in [5.41, 5.74) is 0. The molecular weight excluding hydrogens is 374 g/mol. The average molecular weight is 392 g/mol. The van der Waals surface area contributed by atoms with Crippen molar-refractivity contribution in [2.24, 2.45) is 5.92 Å². The summed E-state index contributed by atoms with van der Waals surface area (Å²) in [6, 6.07) is 4.43. The molecule has 0 radical (unpaired) electrons. The van der Waals surface area contributed by atoms with Gasteiger partial charge in [-0.05, 0) is 59.8 Å². The predicted octanol–water partition coefficient (Wildman–Crippen LogP) is 2.38. The molecule has 0 atom stereocenters. The highest BCUT2D eigenvalue weighted by Gasteiger charge is 2.29. The van der Waals surface area contributed by atoms with E-state index in [-0.39, 0.29) is 16.9 Å². The Balaban J connectivity index is 2.07. The molecule has 0 unspecified atom stereocenters. The molecule has 1 aliphatic carbocycles. The first kappa shape index (κ1) is 17.2. The summed E-state index contributed by atoms with van der Waals surface area (Å²) in [5.74, 6) is -0.611. The zero-order valence-electron chi connectivity index (χ0n) is 12.1. The lowest BCUT2D eigenvalue weighted by atomic mass is 9.87. The second kappa shape index (κ2) is 6.97. The van der Waals surface area contributed by atoms with E-state index in [1.165, 1.54) is 13.2 Å². The summed E-state index contributed by atoms with van der Waals surface area (Å²) in [6.45, 7) is 0. The molecule has 0 bridgehead atoms. The van der Waals surface area contributed by atoms with Crippen molar-refractivity contribution in [2.75, 3.05) is 7.11 Å². The number of methoxy groups -OCH3 is 1. The van der Waals surface area contributed by atoms with Crippen LogP contribution in [0.15, 0.2) is 27.6 Å². The number of carboxylic acids is 1. The molecular formula is C14H18BrNO5S. The van der Waals surface area contributed by atoms with Gasteiger partial charge in [-0.1, -0.05) is 0 Å². The first-order valence-electron chi connectivity index (χ1n) is 6.92. The van der Waals surface area contributed by atoms with Crippen molar-refractivity contribution in [3.8, 4) is 5.75 Å². The number of benzene rings is 1. The maximum Gasteiger partial charge on any atom is 0.306 e. The van der Waals surface area contributed by atoms with Crippen molar-refractivity contribution in [3.05, 3.63) is 22.7 Å². The molecule has 122 valence electrons. The lowest BCUT2D eigenvalue weighted by Gasteiger charge is -2.26. The van der Waals surface area contributed by atoms with E-state index in [0.717, 1.165) is 0 Å². The van der Waals surface area contributed by atoms with E-state index in [1.54, 1.807) is 12.1 Å². The monoisotopic (exact) mass is 391 g/mol. The van der Waals surface area contributed by atoms with E-state index in [0.29, 0.717) is 35.9 Å². The largest absolute Gasteiger partial charge is 0.497 e. The molecule has 0 saturated heterocycles. The molecule has 2 rings (SSSR count). The van der Waals surface area contributed by atoms with Crippen LogP contribution >= 0.6 is 15.9 Å². The highest BCUT2D eigenvalue weighted by atomic mass is 79.9. The Morgan fingerprint density at radius 1 is 1.32 bits per heavy atom. The smallest absolute Gasteiger partial charge is 0.306 e. The van der Waals surface area contributed by atoms with Gasteiger partial charge in [0.15, 0.2) is 0 Å². The zero-order valence-corrected chi connectivity index (χ0v) is 14.5. The van der Waals surface area contributed by atoms with Crippen LogP contribution in [0.2, 0.25) is 0 Å². The van der Waals surface area contributed by atoms with Crippen molar-refractivity contribution in [1.29, 1.82) is 0 Å². The fourth-order valence-corrected chi connectivity index (χ4v) is 4.93. The van der Waals surface area contributed by atoms with E-state index in [9.17, 15) is 13.2 Å². The number of nitrogens with one attached hydrogen (secondary N) is 1. The first-order valence-corrected chi connectivity index (χ1v) is 9.20. The third-order valence-electron chi connectivity index (χ3n) is 3.83. The summed E-state index contributed by atoms with van der Waals surface area (Å²) in [7, 11) is -2.14. The molecule has 1 aliphatic rings. The number of halogens is 1. The summed E-state index contributed by atoms with van der Waals surface area (Å²) in [4.78, 5) is 11.1. The molecule has 8 heteroatoms. The van der Waals surface area contributed by atoms with Gasteiger partial charge in [-0.25, -0.2) is 13.1 Å². The second-order valence-corrected chi connectivity index (χ2v) is 7.84. The van der Waals surface area contributed by atoms with Gasteiger partial charge >= 0.3 is 5.97 Å². The van der Waals surface area contributed by atoms with Crippen LogP contribution in [0.3, 0.4) is 0 Å². The van der Waals surface area contributed by atoms with Gasteiger partial charge in [-0.15, -0.1) is 0 Å². The summed E-state index contributed by atoms with van der Waals surface area (Å²) in [5, 5.41) is 8.96. The topological polar surface area (TPSA) is 92.7 Å². The maximum absolute atomic E-state index is 12.4. The highest BCUT2D eigenvalue weighted by Crippen LogP contribution is 2.29. The minimum Gasteiger partial charge on any atom is -0.497 e. The Bertz CT molecular complexity index is 653. The van der Waals surface area contributed by atoms with Crippen LogP contribution in [0.4, 0.5) is 0 Å². The third-order valence-corrected chi connectivity index (χ3v) is 6.32. The van der Waals surface area contributed by atoms with Gasteiger partial charge < -0.3 is 9.84 Å². The van der Waals surface area contributed by atoms with E-state index >= 15 is 0 Å². The molecule has 22 heavy (non-hydrogen) atoms. The number of hydrogen-bond donors (Lipinski definition) is 2. The fourth-order valence-electron chi connectivity index (χ4n) is 2.57. The van der Waals surface area contributed by atoms with Crippen LogP contribution in [-0.2, 0) is 14.8 Å². The minimum absolute atomic E-state index is 0.147. The molecule has 1 aromatic carbocycles. The highest BCUT2D eigenvalue weighted by molar-refractivity contribution is 9.10. The number of rotatable bonds is 5. The summed E-state index contributed by atoms with van der Waals surface area (Å²) >= 11 is 3.24. The Morgan fingerprint density at radius 2 is 1.95 bits per heavy atom. The Labute approximate surface area is 138 Å². The van der Waals surface area contributed by atoms with E-state index in [4.69, 9.17) is 9.84 Å². The number of aliphatic carboxylic acids is 1. The molecule has 0 spiro atoms. The van der Waals surface area contributed by atoms with Crippen LogP contribution in [0, 0.1) is 5.92 Å². The summed E-state index contributed by atoms with van der Waals surface area (Å²) < 4.78 is 33.0. The normalized spacial score (nSPS) is 22.3. The molecule has 2 N–H and O–H groups in total. The third kappa shape index (κ3) is 3.99. The van der Waals surface area contributed by atoms with Crippen molar-refractivity contribution in [2.45, 2.75) is 36.6 Å². The number of sulfonamides is 1. The zero-order chi connectivity index (χ0) is 16.3. The SMILES string of the molecule is COc1ccc(S(=O)(=O)NC2CCC(C(=O)O)CC2)c(Br)c1. The standard InChI is InChI=1S/C14H18BrNO5S/c1-21-11-6-7-13(12(15)8-11)22(19,20)16-10-4-2-9(3-5-10)14(17)18/h6-10,16H,2-5H2,1H3,(H,17,18). The molecule has 0 amide bonds. The number of carboxylic acid groups (broad SMARTS) is 1. The first-order chi connectivity index (χ1) is 10.3. The Hall–Kier alpha value is -1.12. The lowest BCUT2D eigenvalue weighted by molar-refractivity contribution is -0.142. The molecule has 6 nitrogen and oxygen atoms in total. The molecule has 0 aliphatic heterocycles. The van der Waals surface area contributed by atoms with Gasteiger partial charge in [-0.3, -0.25) is 4.79 Å². The number of ether oxygens (including phenoxy) is 1. The maximum atomic E-state index is 12.4. The number of carbonyl (C=O) groups is 1. The molecule has 1 aromatic rings. The van der Waals surface area contributed by atoms with E-state index in [1.807, 2.05) is 0 Å². The summed E-state index contributed by atoms with van der Waals surface area (Å²) in [6.07, 6.45) is 2.05. The Kier molecular flexibility index (Phi) is 5.46. The van der Waals surface area contributed by atoms with Crippen LogP contribution in [-0.4, -0.2) is 32.6 Å². The van der Waals surface area contributed by atoms with Crippen molar-refractivity contribution >= 4 is 31.9 Å². The van der Waals surface area contributed by atoms with Crippen LogP contribution in [0.25, 0.3) is 0 Å². The Morgan fingerprint density at radius 3 is 2.45 bits per heavy atom. The van der Waals surface area contributed by atoms with Crippen molar-refractivity contribution in [3.63, 3.8) is 0 Å². The lowest BCUT2D eigenvalue weighted by Crippen LogP contribution is -2.38. The number of hydrogen-bond acceptors (Lipinski definition) is 4. The molecule has 0 aromatic heterocycles. The van der Waals surface area contributed by atoms with Gasteiger partial charge in [0.1, 0.15) is 5.75 Å². The molecule has 1 fully saturated rings. The van der Waals surface area contributed by atoms with Gasteiger partial charge in [0.2, 0.25) is 10.0 Å². The van der Waals surface area contributed by atoms with Crippen LogP contribution in [0.1, 0.15) is 25.7 Å². The average Bonchev–Trinajstić information content (AvgIpc) is 2.46. The van der Waals surface area contributed by atoms with Gasteiger partial charge in [0.25, 0.3) is 0 Å². The molecule has 0 heterocycles. The quantitative estimate of drug-likeness (QED) is 0.803. The second-order valence-electron chi connectivity index (χ2n) is 5.30. The van der Waals surface area contributed by atoms with E-state index < -0.39 is 16.0 Å². The van der Waals surface area contributed by atoms with Crippen LogP contribution < -0.4 is 9.46 Å². The van der Waals surface area contributed by atoms with Crippen molar-refractivity contribution in [1.82, 2.24) is 4.72 Å². The van der Waals surface area contributed by atoms with E-state index in [2.05, 4.69) is 20.7 Å².